The smallest absolute Gasteiger partial charge is 0.239 e. The van der Waals surface area contributed by atoms with E-state index in [4.69, 9.17) is 5.73 Å². The Bertz CT molecular complexity index is 336. The summed E-state index contributed by atoms with van der Waals surface area (Å²) < 4.78 is 0. The highest BCUT2D eigenvalue weighted by Gasteiger charge is 2.33. The number of hydrogen-bond acceptors (Lipinski definition) is 3. The molecule has 0 spiro atoms. The molecule has 1 aromatic rings. The fourth-order valence-corrected chi connectivity index (χ4v) is 2.31. The normalized spacial score (nSPS) is 16.4. The molecule has 16 heavy (non-hydrogen) atoms. The van der Waals surface area contributed by atoms with Gasteiger partial charge in [0.05, 0.1) is 12.6 Å². The van der Waals surface area contributed by atoms with Crippen molar-refractivity contribution in [3.63, 3.8) is 0 Å². The zero-order valence-corrected chi connectivity index (χ0v) is 10.9. The lowest BCUT2D eigenvalue weighted by molar-refractivity contribution is -0.133. The lowest BCUT2D eigenvalue weighted by atomic mass is 10.3. The quantitative estimate of drug-likeness (QED) is 0.900. The number of halogens is 1. The highest BCUT2D eigenvalue weighted by molar-refractivity contribution is 7.09. The summed E-state index contributed by atoms with van der Waals surface area (Å²) in [5.74, 6) is 0.0749. The van der Waals surface area contributed by atoms with Gasteiger partial charge in [0, 0.05) is 10.9 Å². The van der Waals surface area contributed by atoms with Crippen molar-refractivity contribution < 1.29 is 4.79 Å². The summed E-state index contributed by atoms with van der Waals surface area (Å²) >= 11 is 1.69. The van der Waals surface area contributed by atoms with Crippen LogP contribution in [0.4, 0.5) is 0 Å². The van der Waals surface area contributed by atoms with Crippen molar-refractivity contribution >= 4 is 29.7 Å². The Hall–Kier alpha value is -0.580. The largest absolute Gasteiger partial charge is 0.333 e. The van der Waals surface area contributed by atoms with Gasteiger partial charge in [0.15, 0.2) is 0 Å². The summed E-state index contributed by atoms with van der Waals surface area (Å²) in [6, 6.07) is 4.13. The third-order valence-electron chi connectivity index (χ3n) is 2.57. The molecular weight excluding hydrogens is 244 g/mol. The molecule has 0 aromatic carbocycles. The minimum atomic E-state index is -0.384. The first-order chi connectivity index (χ1) is 7.18. The number of amides is 1. The lowest BCUT2D eigenvalue weighted by Gasteiger charge is -2.23. The van der Waals surface area contributed by atoms with E-state index in [1.54, 1.807) is 18.3 Å². The minimum absolute atomic E-state index is 0. The monoisotopic (exact) mass is 260 g/mol. The van der Waals surface area contributed by atoms with Crippen LogP contribution in [0.3, 0.4) is 0 Å². The molecule has 1 fully saturated rings. The molecule has 1 aliphatic carbocycles. The number of nitrogens with zero attached hydrogens (tertiary/aromatic N) is 1. The van der Waals surface area contributed by atoms with Gasteiger partial charge in [-0.05, 0) is 31.2 Å². The Morgan fingerprint density at radius 3 is 2.81 bits per heavy atom. The molecular formula is C11H17ClN2OS. The summed E-state index contributed by atoms with van der Waals surface area (Å²) in [5.41, 5.74) is 5.64. The molecule has 3 nitrogen and oxygen atoms in total. The van der Waals surface area contributed by atoms with Gasteiger partial charge in [0.2, 0.25) is 5.91 Å². The molecule has 0 unspecified atom stereocenters. The topological polar surface area (TPSA) is 46.3 Å². The van der Waals surface area contributed by atoms with E-state index in [0.29, 0.717) is 6.04 Å². The van der Waals surface area contributed by atoms with Gasteiger partial charge in [0.25, 0.3) is 0 Å². The average molecular weight is 261 g/mol. The van der Waals surface area contributed by atoms with Crippen LogP contribution in [0.2, 0.25) is 0 Å². The number of carbonyl (C=O) groups is 1. The van der Waals surface area contributed by atoms with Crippen LogP contribution < -0.4 is 5.73 Å². The fraction of sp³-hybridized carbons (Fsp3) is 0.545. The first kappa shape index (κ1) is 13.5. The summed E-state index contributed by atoms with van der Waals surface area (Å²) in [7, 11) is 0. The Morgan fingerprint density at radius 2 is 2.38 bits per heavy atom. The van der Waals surface area contributed by atoms with Gasteiger partial charge < -0.3 is 10.6 Å². The third-order valence-corrected chi connectivity index (χ3v) is 3.43. The number of rotatable bonds is 4. The SMILES string of the molecule is C[C@H](N)C(=O)N(Cc1cccs1)C1CC1.Cl. The molecule has 1 aliphatic rings. The molecule has 2 N–H and O–H groups in total. The van der Waals surface area contributed by atoms with Crippen LogP contribution in [0, 0.1) is 0 Å². The Labute approximate surface area is 106 Å². The van der Waals surface area contributed by atoms with E-state index in [9.17, 15) is 4.79 Å². The molecule has 1 amide bonds. The van der Waals surface area contributed by atoms with Crippen molar-refractivity contribution in [3.8, 4) is 0 Å². The zero-order valence-electron chi connectivity index (χ0n) is 9.26. The lowest BCUT2D eigenvalue weighted by Crippen LogP contribution is -2.42. The molecule has 1 saturated carbocycles. The van der Waals surface area contributed by atoms with Crippen LogP contribution in [0.25, 0.3) is 0 Å². The highest BCUT2D eigenvalue weighted by atomic mass is 35.5. The zero-order chi connectivity index (χ0) is 10.8. The van der Waals surface area contributed by atoms with E-state index < -0.39 is 0 Å². The molecule has 5 heteroatoms. The van der Waals surface area contributed by atoms with Gasteiger partial charge in [-0.3, -0.25) is 4.79 Å². The Morgan fingerprint density at radius 1 is 1.69 bits per heavy atom. The second kappa shape index (κ2) is 5.66. The van der Waals surface area contributed by atoms with Crippen LogP contribution in [-0.2, 0) is 11.3 Å². The van der Waals surface area contributed by atoms with Gasteiger partial charge in [-0.2, -0.15) is 0 Å². The van der Waals surface area contributed by atoms with Crippen LogP contribution in [0.1, 0.15) is 24.6 Å². The van der Waals surface area contributed by atoms with Crippen LogP contribution in [-0.4, -0.2) is 22.9 Å². The Kier molecular flexibility index (Phi) is 4.77. The molecule has 1 aromatic heterocycles. The first-order valence-corrected chi connectivity index (χ1v) is 6.15. The van der Waals surface area contributed by atoms with Crippen molar-refractivity contribution in [1.29, 1.82) is 0 Å². The summed E-state index contributed by atoms with van der Waals surface area (Å²) in [5, 5.41) is 2.04. The number of hydrogen-bond donors (Lipinski definition) is 1. The van der Waals surface area contributed by atoms with E-state index >= 15 is 0 Å². The maximum atomic E-state index is 11.9. The van der Waals surface area contributed by atoms with Crippen LogP contribution in [0.5, 0.6) is 0 Å². The summed E-state index contributed by atoms with van der Waals surface area (Å²) in [4.78, 5) is 15.0. The molecule has 90 valence electrons. The molecule has 1 heterocycles. The van der Waals surface area contributed by atoms with Crippen molar-refractivity contribution in [3.05, 3.63) is 22.4 Å². The minimum Gasteiger partial charge on any atom is -0.333 e. The van der Waals surface area contributed by atoms with Gasteiger partial charge in [-0.1, -0.05) is 6.07 Å². The number of nitrogens with two attached hydrogens (primary N) is 1. The number of carbonyl (C=O) groups excluding carboxylic acids is 1. The average Bonchev–Trinajstić information content (AvgIpc) is 2.92. The second-order valence-electron chi connectivity index (χ2n) is 4.07. The van der Waals surface area contributed by atoms with Gasteiger partial charge >= 0.3 is 0 Å². The van der Waals surface area contributed by atoms with E-state index in [2.05, 4.69) is 6.07 Å². The molecule has 0 saturated heterocycles. The van der Waals surface area contributed by atoms with Gasteiger partial charge in [-0.25, -0.2) is 0 Å². The van der Waals surface area contributed by atoms with Crippen molar-refractivity contribution in [2.45, 2.75) is 38.4 Å². The first-order valence-electron chi connectivity index (χ1n) is 5.27. The van der Waals surface area contributed by atoms with E-state index in [1.165, 1.54) is 4.88 Å². The van der Waals surface area contributed by atoms with Crippen molar-refractivity contribution in [2.75, 3.05) is 0 Å². The van der Waals surface area contributed by atoms with E-state index in [-0.39, 0.29) is 24.4 Å². The highest BCUT2D eigenvalue weighted by Crippen LogP contribution is 2.29. The molecule has 0 aliphatic heterocycles. The third kappa shape index (κ3) is 3.20. The summed E-state index contributed by atoms with van der Waals surface area (Å²) in [6.07, 6.45) is 2.26. The van der Waals surface area contributed by atoms with Gasteiger partial charge in [0.1, 0.15) is 0 Å². The van der Waals surface area contributed by atoms with Crippen LogP contribution in [0.15, 0.2) is 17.5 Å². The molecule has 2 rings (SSSR count). The molecule has 0 radical (unpaired) electrons. The van der Waals surface area contributed by atoms with E-state index in [0.717, 1.165) is 19.4 Å². The standard InChI is InChI=1S/C11H16N2OS.ClH/c1-8(12)11(14)13(9-4-5-9)7-10-3-2-6-15-10;/h2-3,6,8-9H,4-5,7,12H2,1H3;1H/t8-;/m0./s1. The predicted octanol–water partition coefficient (Wildman–Crippen LogP) is 2.01. The molecule has 1 atom stereocenters. The predicted molar refractivity (Wildman–Crippen MR) is 68.8 cm³/mol. The number of thiophene rings is 1. The summed E-state index contributed by atoms with van der Waals surface area (Å²) in [6.45, 7) is 2.48. The van der Waals surface area contributed by atoms with E-state index in [1.807, 2.05) is 16.3 Å². The van der Waals surface area contributed by atoms with Gasteiger partial charge in [-0.15, -0.1) is 23.7 Å². The van der Waals surface area contributed by atoms with Crippen LogP contribution >= 0.6 is 23.7 Å². The maximum Gasteiger partial charge on any atom is 0.239 e. The van der Waals surface area contributed by atoms with Crippen molar-refractivity contribution in [1.82, 2.24) is 4.90 Å². The maximum absolute atomic E-state index is 11.9. The fourth-order valence-electron chi connectivity index (χ4n) is 1.61. The van der Waals surface area contributed by atoms with Crippen molar-refractivity contribution in [2.24, 2.45) is 5.73 Å². The molecule has 0 bridgehead atoms. The Balaban J connectivity index is 0.00000128. The second-order valence-corrected chi connectivity index (χ2v) is 5.10.